The predicted octanol–water partition coefficient (Wildman–Crippen LogP) is 4.18. The van der Waals surface area contributed by atoms with Gasteiger partial charge in [-0.3, -0.25) is 4.79 Å². The first-order valence-electron chi connectivity index (χ1n) is 6.88. The highest BCUT2D eigenvalue weighted by molar-refractivity contribution is 6.13. The maximum Gasteiger partial charge on any atom is 0.192 e. The molecule has 1 heterocycles. The van der Waals surface area contributed by atoms with Gasteiger partial charge in [-0.25, -0.2) is 4.39 Å². The molecule has 2 aromatic carbocycles. The second kappa shape index (κ2) is 5.52. The number of Topliss-reactive ketones (excluding diaryl/α,β-unsaturated/α-hetero) is 1. The molecule has 2 aromatic rings. The number of halogens is 1. The first kappa shape index (κ1) is 13.6. The van der Waals surface area contributed by atoms with Crippen molar-refractivity contribution in [1.29, 1.82) is 0 Å². The highest BCUT2D eigenvalue weighted by Crippen LogP contribution is 2.28. The van der Waals surface area contributed by atoms with Crippen molar-refractivity contribution in [3.05, 3.63) is 70.5 Å². The summed E-state index contributed by atoms with van der Waals surface area (Å²) in [4.78, 5) is 12.6. The number of carbonyl (C=O) groups excluding carboxylic acids is 1. The molecule has 0 saturated heterocycles. The predicted molar refractivity (Wildman–Crippen MR) is 80.0 cm³/mol. The molecule has 0 amide bonds. The van der Waals surface area contributed by atoms with E-state index in [1.54, 1.807) is 0 Å². The van der Waals surface area contributed by atoms with Crippen LogP contribution in [-0.4, -0.2) is 12.4 Å². The van der Waals surface area contributed by atoms with Gasteiger partial charge in [0.2, 0.25) is 0 Å². The quantitative estimate of drug-likeness (QED) is 0.733. The summed E-state index contributed by atoms with van der Waals surface area (Å²) >= 11 is 0. The maximum atomic E-state index is 13.4. The van der Waals surface area contributed by atoms with E-state index in [4.69, 9.17) is 4.74 Å². The molecular weight excluding hydrogens is 267 g/mol. The molecule has 3 rings (SSSR count). The Bertz CT molecular complexity index is 732. The van der Waals surface area contributed by atoms with Crippen LogP contribution in [0, 0.1) is 12.7 Å². The van der Waals surface area contributed by atoms with Gasteiger partial charge >= 0.3 is 0 Å². The lowest BCUT2D eigenvalue weighted by Gasteiger charge is -2.05. The van der Waals surface area contributed by atoms with Crippen molar-refractivity contribution in [2.75, 3.05) is 6.61 Å². The van der Waals surface area contributed by atoms with Crippen LogP contribution in [0.2, 0.25) is 0 Å². The standard InChI is InChI=1S/C18H15FO2/c1-12-3-2-4-13(9-12)10-14-7-8-21-17-6-5-15(19)11-16(17)18(14)20/h2-6,9-11H,7-8H2,1H3/b14-10+. The van der Waals surface area contributed by atoms with Crippen molar-refractivity contribution in [3.8, 4) is 5.75 Å². The molecule has 106 valence electrons. The van der Waals surface area contributed by atoms with Gasteiger partial charge in [0, 0.05) is 12.0 Å². The van der Waals surface area contributed by atoms with Gasteiger partial charge in [-0.2, -0.15) is 0 Å². The van der Waals surface area contributed by atoms with Crippen LogP contribution in [0.3, 0.4) is 0 Å². The van der Waals surface area contributed by atoms with E-state index in [9.17, 15) is 9.18 Å². The Morgan fingerprint density at radius 3 is 2.86 bits per heavy atom. The molecule has 3 heteroatoms. The zero-order valence-corrected chi connectivity index (χ0v) is 11.7. The van der Waals surface area contributed by atoms with Gasteiger partial charge in [0.05, 0.1) is 12.2 Å². The minimum absolute atomic E-state index is 0.163. The van der Waals surface area contributed by atoms with Crippen LogP contribution in [0.1, 0.15) is 27.9 Å². The molecule has 0 N–H and O–H groups in total. The van der Waals surface area contributed by atoms with Gasteiger partial charge in [0.25, 0.3) is 0 Å². The first-order valence-corrected chi connectivity index (χ1v) is 6.88. The summed E-state index contributed by atoms with van der Waals surface area (Å²) in [6.45, 7) is 2.42. The number of carbonyl (C=O) groups is 1. The monoisotopic (exact) mass is 282 g/mol. The van der Waals surface area contributed by atoms with E-state index < -0.39 is 5.82 Å². The normalized spacial score (nSPS) is 16.3. The van der Waals surface area contributed by atoms with Crippen LogP contribution in [0.15, 0.2) is 48.0 Å². The molecule has 0 atom stereocenters. The fourth-order valence-electron chi connectivity index (χ4n) is 2.46. The van der Waals surface area contributed by atoms with Crippen molar-refractivity contribution in [2.45, 2.75) is 13.3 Å². The molecule has 0 aliphatic carbocycles. The summed E-state index contributed by atoms with van der Waals surface area (Å²) in [5, 5.41) is 0. The molecule has 0 radical (unpaired) electrons. The van der Waals surface area contributed by atoms with Crippen molar-refractivity contribution in [1.82, 2.24) is 0 Å². The SMILES string of the molecule is Cc1cccc(/C=C2\CCOc3ccc(F)cc3C2=O)c1. The summed E-state index contributed by atoms with van der Waals surface area (Å²) in [7, 11) is 0. The molecule has 0 fully saturated rings. The summed E-state index contributed by atoms with van der Waals surface area (Å²) < 4.78 is 18.9. The summed E-state index contributed by atoms with van der Waals surface area (Å²) in [5.41, 5.74) is 3.04. The Labute approximate surface area is 122 Å². The molecule has 1 aliphatic rings. The molecule has 2 nitrogen and oxygen atoms in total. The second-order valence-corrected chi connectivity index (χ2v) is 5.15. The molecular formula is C18H15FO2. The van der Waals surface area contributed by atoms with Gasteiger partial charge in [0.1, 0.15) is 11.6 Å². The summed E-state index contributed by atoms with van der Waals surface area (Å²) in [6, 6.07) is 12.0. The summed E-state index contributed by atoms with van der Waals surface area (Å²) in [6.07, 6.45) is 2.38. The maximum absolute atomic E-state index is 13.4. The van der Waals surface area contributed by atoms with Crippen LogP contribution in [0.5, 0.6) is 5.75 Å². The Kier molecular flexibility index (Phi) is 3.57. The number of aryl methyl sites for hydroxylation is 1. The van der Waals surface area contributed by atoms with Gasteiger partial charge in [-0.05, 0) is 36.8 Å². The Hall–Kier alpha value is -2.42. The number of rotatable bonds is 1. The van der Waals surface area contributed by atoms with Gasteiger partial charge in [0.15, 0.2) is 5.78 Å². The number of hydrogen-bond acceptors (Lipinski definition) is 2. The highest BCUT2D eigenvalue weighted by atomic mass is 19.1. The minimum atomic E-state index is -0.428. The van der Waals surface area contributed by atoms with Gasteiger partial charge < -0.3 is 4.74 Å². The minimum Gasteiger partial charge on any atom is -0.492 e. The van der Waals surface area contributed by atoms with Crippen LogP contribution in [0.25, 0.3) is 6.08 Å². The topological polar surface area (TPSA) is 26.3 Å². The van der Waals surface area contributed by atoms with Crippen LogP contribution < -0.4 is 4.74 Å². The van der Waals surface area contributed by atoms with Gasteiger partial charge in [-0.1, -0.05) is 29.8 Å². The third kappa shape index (κ3) is 2.87. The smallest absolute Gasteiger partial charge is 0.192 e. The van der Waals surface area contributed by atoms with E-state index in [0.29, 0.717) is 29.9 Å². The lowest BCUT2D eigenvalue weighted by atomic mass is 9.98. The summed E-state index contributed by atoms with van der Waals surface area (Å²) in [5.74, 6) is -0.139. The average Bonchev–Trinajstić information content (AvgIpc) is 2.60. The number of benzene rings is 2. The molecule has 0 aromatic heterocycles. The molecule has 0 bridgehead atoms. The fraction of sp³-hybridized carbons (Fsp3) is 0.167. The van der Waals surface area contributed by atoms with Crippen molar-refractivity contribution in [2.24, 2.45) is 0 Å². The second-order valence-electron chi connectivity index (χ2n) is 5.15. The average molecular weight is 282 g/mol. The third-order valence-electron chi connectivity index (χ3n) is 3.49. The van der Waals surface area contributed by atoms with E-state index in [2.05, 4.69) is 0 Å². The van der Waals surface area contributed by atoms with Crippen LogP contribution >= 0.6 is 0 Å². The number of fused-ring (bicyclic) bond motifs is 1. The van der Waals surface area contributed by atoms with E-state index in [-0.39, 0.29) is 5.78 Å². The third-order valence-corrected chi connectivity index (χ3v) is 3.49. The van der Waals surface area contributed by atoms with Crippen LogP contribution in [0.4, 0.5) is 4.39 Å². The van der Waals surface area contributed by atoms with Crippen molar-refractivity contribution >= 4 is 11.9 Å². The molecule has 1 aliphatic heterocycles. The zero-order chi connectivity index (χ0) is 14.8. The number of hydrogen-bond donors (Lipinski definition) is 0. The molecule has 21 heavy (non-hydrogen) atoms. The van der Waals surface area contributed by atoms with E-state index >= 15 is 0 Å². The Morgan fingerprint density at radius 1 is 1.19 bits per heavy atom. The van der Waals surface area contributed by atoms with E-state index in [0.717, 1.165) is 11.1 Å². The molecule has 0 unspecified atom stereocenters. The Balaban J connectivity index is 2.02. The lowest BCUT2D eigenvalue weighted by Crippen LogP contribution is -2.02. The Morgan fingerprint density at radius 2 is 2.05 bits per heavy atom. The van der Waals surface area contributed by atoms with E-state index in [1.807, 2.05) is 37.3 Å². The zero-order valence-electron chi connectivity index (χ0n) is 11.7. The fourth-order valence-corrected chi connectivity index (χ4v) is 2.46. The first-order chi connectivity index (χ1) is 10.1. The lowest BCUT2D eigenvalue weighted by molar-refractivity contribution is 0.103. The van der Waals surface area contributed by atoms with Crippen molar-refractivity contribution in [3.63, 3.8) is 0 Å². The highest BCUT2D eigenvalue weighted by Gasteiger charge is 2.21. The van der Waals surface area contributed by atoms with Crippen LogP contribution in [-0.2, 0) is 0 Å². The van der Waals surface area contributed by atoms with Crippen molar-refractivity contribution < 1.29 is 13.9 Å². The largest absolute Gasteiger partial charge is 0.492 e. The molecule has 0 spiro atoms. The molecule has 0 saturated carbocycles. The number of ketones is 1. The number of ether oxygens (including phenoxy) is 1. The van der Waals surface area contributed by atoms with E-state index in [1.165, 1.54) is 18.2 Å². The van der Waals surface area contributed by atoms with Gasteiger partial charge in [-0.15, -0.1) is 0 Å².